The molecule has 2 amide bonds. The van der Waals surface area contributed by atoms with Gasteiger partial charge in [0.2, 0.25) is 0 Å². The van der Waals surface area contributed by atoms with Gasteiger partial charge in [-0.3, -0.25) is 9.59 Å². The first kappa shape index (κ1) is 16.7. The maximum atomic E-state index is 13.5. The van der Waals surface area contributed by atoms with E-state index in [0.717, 1.165) is 22.0 Å². The highest BCUT2D eigenvalue weighted by molar-refractivity contribution is 6.39. The van der Waals surface area contributed by atoms with Gasteiger partial charge in [0.1, 0.15) is 5.82 Å². The Kier molecular flexibility index (Phi) is 4.79. The number of H-pyrrole nitrogens is 1. The first-order chi connectivity index (χ1) is 12.1. The third kappa shape index (κ3) is 3.68. The van der Waals surface area contributed by atoms with Crippen molar-refractivity contribution in [2.24, 2.45) is 0 Å². The molecule has 0 aliphatic rings. The Morgan fingerprint density at radius 1 is 1.08 bits per heavy atom. The van der Waals surface area contributed by atoms with Crippen LogP contribution in [-0.2, 0) is 16.0 Å². The third-order valence-electron chi connectivity index (χ3n) is 4.00. The van der Waals surface area contributed by atoms with E-state index >= 15 is 0 Å². The number of carbonyl (C=O) groups is 2. The van der Waals surface area contributed by atoms with Gasteiger partial charge in [0.25, 0.3) is 0 Å². The van der Waals surface area contributed by atoms with Crippen LogP contribution in [0.5, 0.6) is 0 Å². The van der Waals surface area contributed by atoms with E-state index in [1.807, 2.05) is 31.3 Å². The second-order valence-corrected chi connectivity index (χ2v) is 5.75. The second kappa shape index (κ2) is 7.17. The van der Waals surface area contributed by atoms with E-state index in [4.69, 9.17) is 0 Å². The van der Waals surface area contributed by atoms with E-state index in [1.54, 1.807) is 6.07 Å². The minimum absolute atomic E-state index is 0.0186. The molecule has 0 atom stereocenters. The summed E-state index contributed by atoms with van der Waals surface area (Å²) in [5, 5.41) is 5.95. The number of aryl methyl sites for hydroxylation is 1. The summed E-state index contributed by atoms with van der Waals surface area (Å²) < 4.78 is 13.5. The highest BCUT2D eigenvalue weighted by atomic mass is 19.1. The lowest BCUT2D eigenvalue weighted by molar-refractivity contribution is -0.136. The molecule has 6 heteroatoms. The molecule has 2 aromatic carbocycles. The number of hydrogen-bond donors (Lipinski definition) is 3. The Morgan fingerprint density at radius 2 is 1.88 bits per heavy atom. The van der Waals surface area contributed by atoms with Crippen LogP contribution in [-0.4, -0.2) is 23.3 Å². The summed E-state index contributed by atoms with van der Waals surface area (Å²) in [6.07, 6.45) is 2.49. The minimum atomic E-state index is -0.889. The highest BCUT2D eigenvalue weighted by Gasteiger charge is 2.15. The molecule has 3 aromatic rings. The summed E-state index contributed by atoms with van der Waals surface area (Å²) in [7, 11) is 0. The van der Waals surface area contributed by atoms with E-state index < -0.39 is 17.6 Å². The highest BCUT2D eigenvalue weighted by Crippen LogP contribution is 2.22. The monoisotopic (exact) mass is 339 g/mol. The lowest BCUT2D eigenvalue weighted by Crippen LogP contribution is -2.36. The largest absolute Gasteiger partial charge is 0.361 e. The number of nitrogens with one attached hydrogen (secondary N) is 3. The molecule has 1 heterocycles. The first-order valence-corrected chi connectivity index (χ1v) is 7.95. The molecule has 0 saturated heterocycles. The fraction of sp³-hybridized carbons (Fsp3) is 0.158. The summed E-state index contributed by atoms with van der Waals surface area (Å²) in [6, 6.07) is 11.7. The van der Waals surface area contributed by atoms with E-state index in [-0.39, 0.29) is 5.69 Å². The Morgan fingerprint density at radius 3 is 2.68 bits per heavy atom. The van der Waals surface area contributed by atoms with Gasteiger partial charge in [-0.15, -0.1) is 0 Å². The Hall–Kier alpha value is -3.15. The van der Waals surface area contributed by atoms with Crippen molar-refractivity contribution in [3.8, 4) is 0 Å². The first-order valence-electron chi connectivity index (χ1n) is 7.95. The van der Waals surface area contributed by atoms with Crippen LogP contribution >= 0.6 is 0 Å². The minimum Gasteiger partial charge on any atom is -0.361 e. The van der Waals surface area contributed by atoms with Crippen LogP contribution in [0.3, 0.4) is 0 Å². The summed E-state index contributed by atoms with van der Waals surface area (Å²) in [5.74, 6) is -2.27. The van der Waals surface area contributed by atoms with E-state index in [1.165, 1.54) is 18.2 Å². The predicted molar refractivity (Wildman–Crippen MR) is 94.8 cm³/mol. The zero-order valence-electron chi connectivity index (χ0n) is 13.7. The topological polar surface area (TPSA) is 74.0 Å². The van der Waals surface area contributed by atoms with Crippen LogP contribution in [0.25, 0.3) is 10.9 Å². The molecule has 0 fully saturated rings. The van der Waals surface area contributed by atoms with Gasteiger partial charge in [-0.05, 0) is 42.7 Å². The number of hydrogen-bond acceptors (Lipinski definition) is 2. The molecule has 0 bridgehead atoms. The molecule has 0 spiro atoms. The van der Waals surface area contributed by atoms with Crippen molar-refractivity contribution in [2.45, 2.75) is 13.3 Å². The number of amides is 2. The molecule has 1 aromatic heterocycles. The standard InChI is InChI=1S/C19H18FN3O2/c1-12-5-4-8-16-17(12)13(11-22-16)9-10-21-18(24)19(25)23-15-7-3-2-6-14(15)20/h2-8,11,22H,9-10H2,1H3,(H,21,24)(H,23,25). The number of para-hydroxylation sites is 1. The molecule has 0 saturated carbocycles. The molecular weight excluding hydrogens is 321 g/mol. The molecule has 0 unspecified atom stereocenters. The van der Waals surface area contributed by atoms with Gasteiger partial charge in [-0.2, -0.15) is 0 Å². The average Bonchev–Trinajstić information content (AvgIpc) is 3.01. The lowest BCUT2D eigenvalue weighted by atomic mass is 10.1. The van der Waals surface area contributed by atoms with E-state index in [9.17, 15) is 14.0 Å². The zero-order valence-corrected chi connectivity index (χ0v) is 13.7. The Balaban J connectivity index is 1.57. The van der Waals surface area contributed by atoms with Gasteiger partial charge in [-0.1, -0.05) is 24.3 Å². The fourth-order valence-corrected chi connectivity index (χ4v) is 2.78. The second-order valence-electron chi connectivity index (χ2n) is 5.75. The van der Waals surface area contributed by atoms with Crippen molar-refractivity contribution in [2.75, 3.05) is 11.9 Å². The number of benzene rings is 2. The Bertz CT molecular complexity index is 933. The Labute approximate surface area is 144 Å². The maximum Gasteiger partial charge on any atom is 0.313 e. The molecule has 0 aliphatic carbocycles. The summed E-state index contributed by atoms with van der Waals surface area (Å²) >= 11 is 0. The van der Waals surface area contributed by atoms with Crippen LogP contribution in [0.2, 0.25) is 0 Å². The molecule has 0 radical (unpaired) electrons. The zero-order chi connectivity index (χ0) is 17.8. The van der Waals surface area contributed by atoms with Crippen molar-refractivity contribution in [3.63, 3.8) is 0 Å². The molecule has 0 aliphatic heterocycles. The van der Waals surface area contributed by atoms with Gasteiger partial charge >= 0.3 is 11.8 Å². The summed E-state index contributed by atoms with van der Waals surface area (Å²) in [4.78, 5) is 26.9. The summed E-state index contributed by atoms with van der Waals surface area (Å²) in [6.45, 7) is 2.34. The van der Waals surface area contributed by atoms with Crippen molar-refractivity contribution < 1.29 is 14.0 Å². The number of anilines is 1. The molecule has 5 nitrogen and oxygen atoms in total. The van der Waals surface area contributed by atoms with E-state index in [2.05, 4.69) is 15.6 Å². The normalized spacial score (nSPS) is 10.6. The van der Waals surface area contributed by atoms with Gasteiger partial charge in [0.05, 0.1) is 5.69 Å². The number of aromatic nitrogens is 1. The molecule has 3 N–H and O–H groups in total. The number of rotatable bonds is 4. The smallest absolute Gasteiger partial charge is 0.313 e. The predicted octanol–water partition coefficient (Wildman–Crippen LogP) is 2.91. The van der Waals surface area contributed by atoms with Crippen LogP contribution in [0.1, 0.15) is 11.1 Å². The van der Waals surface area contributed by atoms with Gasteiger partial charge in [0, 0.05) is 23.6 Å². The van der Waals surface area contributed by atoms with Crippen LogP contribution in [0, 0.1) is 12.7 Å². The van der Waals surface area contributed by atoms with E-state index in [0.29, 0.717) is 13.0 Å². The van der Waals surface area contributed by atoms with Crippen LogP contribution in [0.4, 0.5) is 10.1 Å². The quantitative estimate of drug-likeness (QED) is 0.640. The van der Waals surface area contributed by atoms with Gasteiger partial charge in [0.15, 0.2) is 0 Å². The lowest BCUT2D eigenvalue weighted by Gasteiger charge is -2.07. The van der Waals surface area contributed by atoms with Crippen LogP contribution < -0.4 is 10.6 Å². The van der Waals surface area contributed by atoms with Gasteiger partial charge in [-0.25, -0.2) is 4.39 Å². The number of aromatic amines is 1. The molecule has 25 heavy (non-hydrogen) atoms. The fourth-order valence-electron chi connectivity index (χ4n) is 2.78. The van der Waals surface area contributed by atoms with Crippen molar-refractivity contribution >= 4 is 28.4 Å². The van der Waals surface area contributed by atoms with Crippen LogP contribution in [0.15, 0.2) is 48.7 Å². The maximum absolute atomic E-state index is 13.5. The SMILES string of the molecule is Cc1cccc2[nH]cc(CCNC(=O)C(=O)Nc3ccccc3F)c12. The van der Waals surface area contributed by atoms with Crippen molar-refractivity contribution in [3.05, 3.63) is 65.6 Å². The molecular formula is C19H18FN3O2. The third-order valence-corrected chi connectivity index (χ3v) is 4.00. The number of fused-ring (bicyclic) bond motifs is 1. The average molecular weight is 339 g/mol. The summed E-state index contributed by atoms with van der Waals surface area (Å²) in [5.41, 5.74) is 3.24. The molecule has 3 rings (SSSR count). The van der Waals surface area contributed by atoms with Crippen molar-refractivity contribution in [1.82, 2.24) is 10.3 Å². The molecule has 128 valence electrons. The van der Waals surface area contributed by atoms with Crippen molar-refractivity contribution in [1.29, 1.82) is 0 Å². The van der Waals surface area contributed by atoms with Gasteiger partial charge < -0.3 is 15.6 Å². The number of halogens is 1. The number of carbonyl (C=O) groups excluding carboxylic acids is 2.